The van der Waals surface area contributed by atoms with E-state index >= 15 is 0 Å². The maximum atomic E-state index is 12.7. The molecular weight excluding hydrogens is 313 g/mol. The molecule has 22 heavy (non-hydrogen) atoms. The molecule has 8 heteroatoms. The third-order valence-electron chi connectivity index (χ3n) is 2.96. The Hall–Kier alpha value is -1.70. The molecule has 0 unspecified atom stereocenters. The van der Waals surface area contributed by atoms with Crippen molar-refractivity contribution in [2.75, 3.05) is 5.84 Å². The Kier molecular flexibility index (Phi) is 4.42. The summed E-state index contributed by atoms with van der Waals surface area (Å²) in [5, 5.41) is 8.51. The molecule has 1 aromatic heterocycles. The van der Waals surface area contributed by atoms with Gasteiger partial charge >= 0.3 is 6.18 Å². The van der Waals surface area contributed by atoms with Crippen molar-refractivity contribution < 1.29 is 13.2 Å². The summed E-state index contributed by atoms with van der Waals surface area (Å²) in [6.07, 6.45) is -4.34. The number of nitrogen functional groups attached to an aromatic ring is 1. The van der Waals surface area contributed by atoms with E-state index in [9.17, 15) is 13.2 Å². The highest BCUT2D eigenvalue weighted by molar-refractivity contribution is 7.98. The molecule has 0 aliphatic rings. The van der Waals surface area contributed by atoms with Gasteiger partial charge in [0.1, 0.15) is 0 Å². The molecule has 4 nitrogen and oxygen atoms in total. The summed E-state index contributed by atoms with van der Waals surface area (Å²) in [6, 6.07) is 5.23. The highest BCUT2D eigenvalue weighted by atomic mass is 32.2. The number of nitrogens with two attached hydrogens (primary N) is 1. The third kappa shape index (κ3) is 3.73. The summed E-state index contributed by atoms with van der Waals surface area (Å²) < 4.78 is 39.4. The number of benzene rings is 1. The van der Waals surface area contributed by atoms with Gasteiger partial charge in [-0.3, -0.25) is 0 Å². The highest BCUT2D eigenvalue weighted by Crippen LogP contribution is 2.31. The zero-order valence-electron chi connectivity index (χ0n) is 12.5. The number of thioether (sulfide) groups is 1. The van der Waals surface area contributed by atoms with Gasteiger partial charge in [0.05, 0.1) is 5.56 Å². The van der Waals surface area contributed by atoms with Gasteiger partial charge in [-0.2, -0.15) is 13.2 Å². The molecule has 0 aliphatic heterocycles. The summed E-state index contributed by atoms with van der Waals surface area (Å²) in [5.41, 5.74) is -0.355. The second-order valence-corrected chi connectivity index (χ2v) is 6.86. The molecule has 0 bridgehead atoms. The minimum Gasteiger partial charge on any atom is -0.336 e. The molecule has 2 N–H and O–H groups in total. The van der Waals surface area contributed by atoms with Gasteiger partial charge in [-0.25, -0.2) is 4.68 Å². The molecule has 0 saturated carbocycles. The molecule has 0 radical (unpaired) electrons. The van der Waals surface area contributed by atoms with Crippen LogP contribution >= 0.6 is 11.8 Å². The smallest absolute Gasteiger partial charge is 0.336 e. The molecule has 1 heterocycles. The molecule has 120 valence electrons. The monoisotopic (exact) mass is 330 g/mol. The van der Waals surface area contributed by atoms with Crippen molar-refractivity contribution in [3.05, 3.63) is 41.2 Å². The highest BCUT2D eigenvalue weighted by Gasteiger charge is 2.30. The first-order valence-corrected chi connectivity index (χ1v) is 7.57. The molecule has 0 fully saturated rings. The SMILES string of the molecule is CC(C)(C)c1nnc(SCc2cccc(C(F)(F)F)c2)n1N. The van der Waals surface area contributed by atoms with Crippen molar-refractivity contribution in [2.24, 2.45) is 0 Å². The third-order valence-corrected chi connectivity index (χ3v) is 3.97. The predicted molar refractivity (Wildman–Crippen MR) is 79.9 cm³/mol. The first-order chi connectivity index (χ1) is 10.1. The molecule has 0 amide bonds. The Balaban J connectivity index is 2.13. The van der Waals surface area contributed by atoms with Gasteiger partial charge in [-0.05, 0) is 11.6 Å². The first kappa shape index (κ1) is 16.7. The maximum Gasteiger partial charge on any atom is 0.416 e. The summed E-state index contributed by atoms with van der Waals surface area (Å²) in [7, 11) is 0. The van der Waals surface area contributed by atoms with E-state index in [0.717, 1.165) is 12.1 Å². The Bertz CT molecular complexity index is 659. The lowest BCUT2D eigenvalue weighted by molar-refractivity contribution is -0.137. The van der Waals surface area contributed by atoms with E-state index in [2.05, 4.69) is 10.2 Å². The van der Waals surface area contributed by atoms with Crippen LogP contribution in [-0.4, -0.2) is 14.9 Å². The van der Waals surface area contributed by atoms with Crippen molar-refractivity contribution in [3.8, 4) is 0 Å². The van der Waals surface area contributed by atoms with Gasteiger partial charge in [0.25, 0.3) is 0 Å². The molecule has 2 rings (SSSR count). The van der Waals surface area contributed by atoms with Gasteiger partial charge in [-0.1, -0.05) is 50.7 Å². The van der Waals surface area contributed by atoms with Crippen LogP contribution in [0.15, 0.2) is 29.4 Å². The number of hydrogen-bond donors (Lipinski definition) is 1. The van der Waals surface area contributed by atoms with Gasteiger partial charge < -0.3 is 5.84 Å². The molecule has 2 aromatic rings. The van der Waals surface area contributed by atoms with Crippen LogP contribution in [0.4, 0.5) is 13.2 Å². The lowest BCUT2D eigenvalue weighted by atomic mass is 9.96. The molecule has 1 aromatic carbocycles. The lowest BCUT2D eigenvalue weighted by Crippen LogP contribution is -2.24. The van der Waals surface area contributed by atoms with Crippen molar-refractivity contribution >= 4 is 11.8 Å². The van der Waals surface area contributed by atoms with Gasteiger partial charge in [-0.15, -0.1) is 10.2 Å². The molecule has 0 spiro atoms. The van der Waals surface area contributed by atoms with E-state index in [1.807, 2.05) is 20.8 Å². The van der Waals surface area contributed by atoms with Crippen molar-refractivity contribution in [1.29, 1.82) is 0 Å². The maximum absolute atomic E-state index is 12.7. The fourth-order valence-corrected chi connectivity index (χ4v) is 2.67. The quantitative estimate of drug-likeness (QED) is 0.690. The lowest BCUT2D eigenvalue weighted by Gasteiger charge is -2.16. The average molecular weight is 330 g/mol. The largest absolute Gasteiger partial charge is 0.416 e. The fourth-order valence-electron chi connectivity index (χ4n) is 1.87. The van der Waals surface area contributed by atoms with E-state index < -0.39 is 11.7 Å². The van der Waals surface area contributed by atoms with Crippen LogP contribution in [0.1, 0.15) is 37.7 Å². The minimum atomic E-state index is -4.34. The number of nitrogens with zero attached hydrogens (tertiary/aromatic N) is 3. The molecule has 0 saturated heterocycles. The minimum absolute atomic E-state index is 0.253. The van der Waals surface area contributed by atoms with Gasteiger partial charge in [0.15, 0.2) is 5.82 Å². The topological polar surface area (TPSA) is 56.7 Å². The van der Waals surface area contributed by atoms with Crippen molar-refractivity contribution in [1.82, 2.24) is 14.9 Å². The van der Waals surface area contributed by atoms with Crippen LogP contribution in [-0.2, 0) is 17.3 Å². The predicted octanol–water partition coefficient (Wildman–Crippen LogP) is 3.60. The summed E-state index contributed by atoms with van der Waals surface area (Å²) in [6.45, 7) is 5.88. The number of rotatable bonds is 3. The van der Waals surface area contributed by atoms with E-state index in [1.54, 1.807) is 6.07 Å². The average Bonchev–Trinajstić information content (AvgIpc) is 2.77. The second kappa shape index (κ2) is 5.83. The number of alkyl halides is 3. The van der Waals surface area contributed by atoms with E-state index in [0.29, 0.717) is 22.3 Å². The zero-order valence-corrected chi connectivity index (χ0v) is 13.3. The Morgan fingerprint density at radius 3 is 2.41 bits per heavy atom. The van der Waals surface area contributed by atoms with Crippen LogP contribution in [0.5, 0.6) is 0 Å². The first-order valence-electron chi connectivity index (χ1n) is 6.59. The van der Waals surface area contributed by atoms with Crippen LogP contribution in [0, 0.1) is 0 Å². The Morgan fingerprint density at radius 1 is 1.18 bits per heavy atom. The number of halogens is 3. The van der Waals surface area contributed by atoms with Crippen molar-refractivity contribution in [3.63, 3.8) is 0 Å². The van der Waals surface area contributed by atoms with E-state index in [1.165, 1.54) is 22.5 Å². The van der Waals surface area contributed by atoms with Crippen LogP contribution in [0.25, 0.3) is 0 Å². The normalized spacial score (nSPS) is 12.6. The van der Waals surface area contributed by atoms with Crippen LogP contribution in [0.2, 0.25) is 0 Å². The van der Waals surface area contributed by atoms with Gasteiger partial charge in [0.2, 0.25) is 5.16 Å². The number of hydrogen-bond acceptors (Lipinski definition) is 4. The zero-order chi connectivity index (χ0) is 16.5. The van der Waals surface area contributed by atoms with Crippen LogP contribution in [0.3, 0.4) is 0 Å². The van der Waals surface area contributed by atoms with Crippen molar-refractivity contribution in [2.45, 2.75) is 43.3 Å². The second-order valence-electron chi connectivity index (χ2n) is 5.91. The summed E-state index contributed by atoms with van der Waals surface area (Å²) >= 11 is 1.25. The Labute approximate surface area is 130 Å². The molecule has 0 aliphatic carbocycles. The fraction of sp³-hybridized carbons (Fsp3) is 0.429. The molecular formula is C14H17F3N4S. The number of aromatic nitrogens is 3. The standard InChI is InChI=1S/C14H17F3N4S/c1-13(2,3)11-19-20-12(21(11)18)22-8-9-5-4-6-10(7-9)14(15,16)17/h4-7H,8,18H2,1-3H3. The molecule has 0 atom stereocenters. The van der Waals surface area contributed by atoms with E-state index in [4.69, 9.17) is 5.84 Å². The van der Waals surface area contributed by atoms with E-state index in [-0.39, 0.29) is 5.41 Å². The summed E-state index contributed by atoms with van der Waals surface area (Å²) in [5.74, 6) is 6.90. The van der Waals surface area contributed by atoms with Gasteiger partial charge in [0, 0.05) is 11.2 Å². The summed E-state index contributed by atoms with van der Waals surface area (Å²) in [4.78, 5) is 0. The van der Waals surface area contributed by atoms with Crippen LogP contribution < -0.4 is 5.84 Å². The Morgan fingerprint density at radius 2 is 1.86 bits per heavy atom.